The van der Waals surface area contributed by atoms with Gasteiger partial charge in [-0.05, 0) is 48.2 Å². The van der Waals surface area contributed by atoms with Gasteiger partial charge in [0, 0.05) is 23.4 Å². The van der Waals surface area contributed by atoms with Crippen molar-refractivity contribution in [3.8, 4) is 0 Å². The topological polar surface area (TPSA) is 111 Å². The number of nitrogens with one attached hydrogen (secondary N) is 2. The van der Waals surface area contributed by atoms with Crippen LogP contribution in [0, 0.1) is 0 Å². The predicted molar refractivity (Wildman–Crippen MR) is 123 cm³/mol. The van der Waals surface area contributed by atoms with Gasteiger partial charge in [0.05, 0.1) is 19.1 Å². The van der Waals surface area contributed by atoms with E-state index in [1.165, 1.54) is 4.57 Å². The van der Waals surface area contributed by atoms with Crippen LogP contribution < -0.4 is 16.0 Å². The Kier molecular flexibility index (Phi) is 5.38. The van der Waals surface area contributed by atoms with Crippen LogP contribution in [0.3, 0.4) is 0 Å². The molecule has 5 rings (SSSR count). The molecule has 9 nitrogen and oxygen atoms in total. The summed E-state index contributed by atoms with van der Waals surface area (Å²) in [6, 6.07) is 13.9. The summed E-state index contributed by atoms with van der Waals surface area (Å²) in [5, 5.41) is 4.76. The third-order valence-electron chi connectivity index (χ3n) is 5.25. The number of fused-ring (bicyclic) bond motifs is 2. The molecule has 3 aromatic heterocycles. The number of nitrogens with zero attached hydrogens (tertiary/aromatic N) is 4. The van der Waals surface area contributed by atoms with Gasteiger partial charge in [-0.15, -0.1) is 0 Å². The Morgan fingerprint density at radius 1 is 1.12 bits per heavy atom. The summed E-state index contributed by atoms with van der Waals surface area (Å²) >= 11 is 1.54. The van der Waals surface area contributed by atoms with Gasteiger partial charge in [0.15, 0.2) is 16.7 Å². The van der Waals surface area contributed by atoms with Crippen molar-refractivity contribution in [2.45, 2.75) is 31.5 Å². The molecule has 162 valence electrons. The normalized spacial score (nSPS) is 11.5. The largest absolute Gasteiger partial charge is 0.356 e. The van der Waals surface area contributed by atoms with Gasteiger partial charge in [-0.25, -0.2) is 9.78 Å². The van der Waals surface area contributed by atoms with E-state index in [0.29, 0.717) is 30.8 Å². The number of aromatic nitrogens is 5. The molecule has 0 aliphatic carbocycles. The third kappa shape index (κ3) is 3.85. The highest BCUT2D eigenvalue weighted by molar-refractivity contribution is 7.97. The van der Waals surface area contributed by atoms with E-state index < -0.39 is 11.2 Å². The van der Waals surface area contributed by atoms with Gasteiger partial charge in [0.1, 0.15) is 0 Å². The summed E-state index contributed by atoms with van der Waals surface area (Å²) in [4.78, 5) is 32.4. The quantitative estimate of drug-likeness (QED) is 0.368. The summed E-state index contributed by atoms with van der Waals surface area (Å²) in [6.07, 6.45) is 3.29. The second kappa shape index (κ2) is 8.48. The number of aromatic amines is 1. The Morgan fingerprint density at radius 2 is 1.94 bits per heavy atom. The maximum atomic E-state index is 12.4. The number of rotatable bonds is 7. The van der Waals surface area contributed by atoms with Crippen molar-refractivity contribution in [3.05, 3.63) is 87.0 Å². The molecule has 0 aliphatic rings. The molecule has 0 saturated heterocycles. The molecule has 0 radical (unpaired) electrons. The Labute approximate surface area is 186 Å². The van der Waals surface area contributed by atoms with Gasteiger partial charge in [-0.2, -0.15) is 0 Å². The van der Waals surface area contributed by atoms with Crippen molar-refractivity contribution < 1.29 is 4.52 Å². The Hall–Kier alpha value is -3.63. The van der Waals surface area contributed by atoms with Crippen LogP contribution in [0.5, 0.6) is 0 Å². The fourth-order valence-electron chi connectivity index (χ4n) is 3.57. The maximum absolute atomic E-state index is 12.4. The average molecular weight is 449 g/mol. The standard InChI is InChI=1S/C22H20N6O3S/c1-2-27-13-23-20-19(27)21(29)26-22(30)28(20)12-15-5-3-14(4-6-15)10-25-32-17-7-8-18-16(9-17)11-24-31-18/h3-9,11,13,25H,2,10,12H2,1H3,(H,26,29,30). The fraction of sp³-hybridized carbons (Fsp3) is 0.182. The van der Waals surface area contributed by atoms with E-state index in [-0.39, 0.29) is 0 Å². The lowest BCUT2D eigenvalue weighted by atomic mass is 10.1. The Bertz CT molecular complexity index is 1510. The Balaban J connectivity index is 1.27. The summed E-state index contributed by atoms with van der Waals surface area (Å²) in [7, 11) is 0. The van der Waals surface area contributed by atoms with Crippen LogP contribution >= 0.6 is 11.9 Å². The highest BCUT2D eigenvalue weighted by Gasteiger charge is 2.13. The van der Waals surface area contributed by atoms with E-state index in [9.17, 15) is 9.59 Å². The lowest BCUT2D eigenvalue weighted by Gasteiger charge is -2.09. The zero-order chi connectivity index (χ0) is 22.1. The van der Waals surface area contributed by atoms with E-state index in [4.69, 9.17) is 4.52 Å². The molecule has 0 unspecified atom stereocenters. The highest BCUT2D eigenvalue weighted by Crippen LogP contribution is 2.22. The minimum Gasteiger partial charge on any atom is -0.356 e. The molecule has 2 N–H and O–H groups in total. The monoisotopic (exact) mass is 448 g/mol. The first-order valence-corrected chi connectivity index (χ1v) is 10.9. The molecule has 0 bridgehead atoms. The van der Waals surface area contributed by atoms with E-state index in [0.717, 1.165) is 27.0 Å². The molecule has 3 heterocycles. The van der Waals surface area contributed by atoms with Gasteiger partial charge >= 0.3 is 5.69 Å². The minimum atomic E-state index is -0.462. The highest BCUT2D eigenvalue weighted by atomic mass is 32.2. The van der Waals surface area contributed by atoms with Crippen molar-refractivity contribution in [2.24, 2.45) is 0 Å². The van der Waals surface area contributed by atoms with Crippen LogP contribution in [0.15, 0.2) is 74.0 Å². The molecule has 0 fully saturated rings. The van der Waals surface area contributed by atoms with Crippen LogP contribution in [0.25, 0.3) is 22.1 Å². The van der Waals surface area contributed by atoms with Gasteiger partial charge in [-0.3, -0.25) is 19.1 Å². The molecule has 0 atom stereocenters. The third-order valence-corrected chi connectivity index (χ3v) is 6.03. The number of hydrogen-bond donors (Lipinski definition) is 2. The van der Waals surface area contributed by atoms with Crippen molar-refractivity contribution in [3.63, 3.8) is 0 Å². The fourth-order valence-corrected chi connectivity index (χ4v) is 4.30. The average Bonchev–Trinajstić information content (AvgIpc) is 3.44. The Morgan fingerprint density at radius 3 is 2.75 bits per heavy atom. The number of imidazole rings is 1. The van der Waals surface area contributed by atoms with Crippen molar-refractivity contribution in [1.82, 2.24) is 29.0 Å². The van der Waals surface area contributed by atoms with E-state index in [2.05, 4.69) is 19.8 Å². The second-order valence-electron chi connectivity index (χ2n) is 7.31. The lowest BCUT2D eigenvalue weighted by Crippen LogP contribution is -2.31. The van der Waals surface area contributed by atoms with E-state index in [1.807, 2.05) is 49.4 Å². The van der Waals surface area contributed by atoms with Crippen molar-refractivity contribution >= 4 is 34.1 Å². The SMILES string of the molecule is CCn1cnc2c1c(=O)[nH]c(=O)n2Cc1ccc(CNSc2ccc3oncc3c2)cc1. The molecule has 0 spiro atoms. The smallest absolute Gasteiger partial charge is 0.330 e. The number of benzene rings is 2. The first kappa shape index (κ1) is 20.3. The van der Waals surface area contributed by atoms with Crippen LogP contribution in [0.4, 0.5) is 0 Å². The van der Waals surface area contributed by atoms with Crippen LogP contribution in [-0.4, -0.2) is 24.3 Å². The van der Waals surface area contributed by atoms with E-state index >= 15 is 0 Å². The first-order chi connectivity index (χ1) is 15.6. The summed E-state index contributed by atoms with van der Waals surface area (Å²) in [5.74, 6) is 0. The summed E-state index contributed by atoms with van der Waals surface area (Å²) in [5.41, 5.74) is 2.76. The second-order valence-corrected chi connectivity index (χ2v) is 8.28. The molecular formula is C22H20N6O3S. The van der Waals surface area contributed by atoms with Crippen LogP contribution in [0.1, 0.15) is 18.1 Å². The molecule has 0 amide bonds. The molecule has 0 aliphatic heterocycles. The minimum absolute atomic E-state index is 0.327. The number of hydrogen-bond acceptors (Lipinski definition) is 7. The van der Waals surface area contributed by atoms with E-state index in [1.54, 1.807) is 29.0 Å². The molecule has 0 saturated carbocycles. The maximum Gasteiger partial charge on any atom is 0.330 e. The zero-order valence-electron chi connectivity index (χ0n) is 17.2. The number of aryl methyl sites for hydroxylation is 1. The van der Waals surface area contributed by atoms with Gasteiger partial charge in [0.25, 0.3) is 5.56 Å². The summed E-state index contributed by atoms with van der Waals surface area (Å²) < 4.78 is 11.7. The summed E-state index contributed by atoms with van der Waals surface area (Å²) in [6.45, 7) is 3.53. The molecule has 5 aromatic rings. The first-order valence-electron chi connectivity index (χ1n) is 10.1. The van der Waals surface area contributed by atoms with Crippen molar-refractivity contribution in [2.75, 3.05) is 0 Å². The van der Waals surface area contributed by atoms with Gasteiger partial charge < -0.3 is 9.09 Å². The van der Waals surface area contributed by atoms with Gasteiger partial charge in [-0.1, -0.05) is 29.4 Å². The molecule has 2 aromatic carbocycles. The van der Waals surface area contributed by atoms with Crippen molar-refractivity contribution in [1.29, 1.82) is 0 Å². The lowest BCUT2D eigenvalue weighted by molar-refractivity contribution is 0.456. The van der Waals surface area contributed by atoms with Gasteiger partial charge in [0.2, 0.25) is 0 Å². The zero-order valence-corrected chi connectivity index (χ0v) is 18.1. The molecular weight excluding hydrogens is 428 g/mol. The molecule has 32 heavy (non-hydrogen) atoms. The number of H-pyrrole nitrogens is 1. The van der Waals surface area contributed by atoms with Crippen LogP contribution in [0.2, 0.25) is 0 Å². The van der Waals surface area contributed by atoms with Crippen LogP contribution in [-0.2, 0) is 19.6 Å². The molecule has 10 heteroatoms. The predicted octanol–water partition coefficient (Wildman–Crippen LogP) is 2.89.